The minimum Gasteiger partial charge on any atom is -0.503 e. The van der Waals surface area contributed by atoms with Crippen LogP contribution in [0.15, 0.2) is 26.2 Å². The van der Waals surface area contributed by atoms with Crippen molar-refractivity contribution in [2.75, 3.05) is 11.9 Å². The van der Waals surface area contributed by atoms with E-state index < -0.39 is 23.3 Å². The van der Waals surface area contributed by atoms with Gasteiger partial charge in [0.1, 0.15) is 5.82 Å². The van der Waals surface area contributed by atoms with Crippen molar-refractivity contribution in [3.8, 4) is 11.5 Å². The number of ether oxygens (including phenoxy) is 1. The van der Waals surface area contributed by atoms with E-state index in [-0.39, 0.29) is 22.9 Å². The maximum Gasteiger partial charge on any atom is 0.332 e. The molecule has 0 bridgehead atoms. The van der Waals surface area contributed by atoms with E-state index in [0.29, 0.717) is 16.6 Å². The summed E-state index contributed by atoms with van der Waals surface area (Å²) in [5, 5.41) is 15.3. The molecule has 3 rings (SSSR count). The average Bonchev–Trinajstić information content (AvgIpc) is 2.61. The van der Waals surface area contributed by atoms with Crippen LogP contribution in [0.1, 0.15) is 24.1 Å². The van der Waals surface area contributed by atoms with E-state index >= 15 is 0 Å². The molecule has 0 fully saturated rings. The molecule has 2 amide bonds. The number of phenols is 1. The van der Waals surface area contributed by atoms with Gasteiger partial charge in [-0.05, 0) is 40.5 Å². The number of phenolic OH excluding ortho intramolecular Hbond substituents is 1. The van der Waals surface area contributed by atoms with E-state index in [1.54, 1.807) is 19.1 Å². The summed E-state index contributed by atoms with van der Waals surface area (Å²) >= 11 is 3.25. The largest absolute Gasteiger partial charge is 0.503 e. The molecule has 1 aliphatic heterocycles. The molecule has 0 radical (unpaired) electrons. The van der Waals surface area contributed by atoms with Crippen molar-refractivity contribution in [1.82, 2.24) is 14.5 Å². The van der Waals surface area contributed by atoms with Crippen molar-refractivity contribution in [2.45, 2.75) is 13.0 Å². The normalized spacial score (nSPS) is 15.8. The number of rotatable bonds is 3. The average molecular weight is 425 g/mol. The molecule has 3 N–H and O–H groups in total. The summed E-state index contributed by atoms with van der Waals surface area (Å²) in [6.45, 7) is 2.10. The monoisotopic (exact) mass is 424 g/mol. The summed E-state index contributed by atoms with van der Waals surface area (Å²) in [6.07, 6.45) is 0. The Balaban J connectivity index is 2.28. The smallest absolute Gasteiger partial charge is 0.332 e. The van der Waals surface area contributed by atoms with Gasteiger partial charge in [-0.15, -0.1) is 0 Å². The summed E-state index contributed by atoms with van der Waals surface area (Å²) in [6, 6.07) is 1.77. The second-order valence-corrected chi connectivity index (χ2v) is 6.64. The molecule has 2 aromatic rings. The summed E-state index contributed by atoms with van der Waals surface area (Å²) in [7, 11) is 2.85. The van der Waals surface area contributed by atoms with Gasteiger partial charge in [-0.2, -0.15) is 0 Å². The Morgan fingerprint density at radius 1 is 1.23 bits per heavy atom. The van der Waals surface area contributed by atoms with E-state index in [1.807, 2.05) is 0 Å². The van der Waals surface area contributed by atoms with E-state index in [0.717, 1.165) is 4.57 Å². The first kappa shape index (κ1) is 18.1. The van der Waals surface area contributed by atoms with Gasteiger partial charge in [0.15, 0.2) is 11.5 Å². The zero-order valence-electron chi connectivity index (χ0n) is 14.3. The Kier molecular flexibility index (Phi) is 4.53. The number of fused-ring (bicyclic) bond motifs is 1. The van der Waals surface area contributed by atoms with Gasteiger partial charge in [-0.1, -0.05) is 0 Å². The first-order chi connectivity index (χ1) is 12.3. The highest BCUT2D eigenvalue weighted by molar-refractivity contribution is 9.10. The highest BCUT2D eigenvalue weighted by Gasteiger charge is 2.32. The standard InChI is InChI=1S/C16H17BrN4O5/c1-4-26-9-6-7(5-8(17)12(9)22)11-10-13(19-15(24)18-11)20(2)16(25)21(3)14(10)23/h5-6,11,22H,4H2,1-3H3,(H2,18,19,24). The Morgan fingerprint density at radius 3 is 2.58 bits per heavy atom. The topological polar surface area (TPSA) is 115 Å². The third-order valence-corrected chi connectivity index (χ3v) is 4.78. The number of anilines is 1. The summed E-state index contributed by atoms with van der Waals surface area (Å²) < 4.78 is 7.96. The highest BCUT2D eigenvalue weighted by Crippen LogP contribution is 2.39. The van der Waals surface area contributed by atoms with Crippen LogP contribution >= 0.6 is 15.9 Å². The number of amides is 2. The number of halogens is 1. The predicted molar refractivity (Wildman–Crippen MR) is 97.9 cm³/mol. The molecule has 26 heavy (non-hydrogen) atoms. The van der Waals surface area contributed by atoms with E-state index in [4.69, 9.17) is 4.74 Å². The van der Waals surface area contributed by atoms with Crippen LogP contribution in [0.4, 0.5) is 10.6 Å². The lowest BCUT2D eigenvalue weighted by atomic mass is 9.98. The van der Waals surface area contributed by atoms with Gasteiger partial charge >= 0.3 is 11.7 Å². The SMILES string of the molecule is CCOc1cc(C2NC(=O)Nc3c2c(=O)n(C)c(=O)n3C)cc(Br)c1O. The fourth-order valence-electron chi connectivity index (χ4n) is 2.90. The molecule has 138 valence electrons. The van der Waals surface area contributed by atoms with Gasteiger partial charge in [0.2, 0.25) is 0 Å². The number of hydrogen-bond acceptors (Lipinski definition) is 5. The first-order valence-corrected chi connectivity index (χ1v) is 8.58. The third-order valence-electron chi connectivity index (χ3n) is 4.18. The first-order valence-electron chi connectivity index (χ1n) is 7.78. The number of carbonyl (C=O) groups excluding carboxylic acids is 1. The third kappa shape index (κ3) is 2.75. The number of hydrogen-bond donors (Lipinski definition) is 3. The Bertz CT molecular complexity index is 1030. The molecule has 1 atom stereocenters. The van der Waals surface area contributed by atoms with Gasteiger partial charge in [-0.25, -0.2) is 9.59 Å². The fraction of sp³-hybridized carbons (Fsp3) is 0.312. The lowest BCUT2D eigenvalue weighted by molar-refractivity contribution is 0.248. The van der Waals surface area contributed by atoms with Crippen LogP contribution < -0.4 is 26.6 Å². The van der Waals surface area contributed by atoms with Crippen molar-refractivity contribution in [3.63, 3.8) is 0 Å². The van der Waals surface area contributed by atoms with Crippen LogP contribution in [0.2, 0.25) is 0 Å². The Morgan fingerprint density at radius 2 is 1.92 bits per heavy atom. The number of aromatic nitrogens is 2. The lowest BCUT2D eigenvalue weighted by Gasteiger charge is -2.29. The number of carbonyl (C=O) groups is 1. The molecule has 2 heterocycles. The van der Waals surface area contributed by atoms with Crippen LogP contribution in [0.5, 0.6) is 11.5 Å². The van der Waals surface area contributed by atoms with E-state index in [2.05, 4.69) is 26.6 Å². The molecule has 1 unspecified atom stereocenters. The molecule has 1 aromatic carbocycles. The van der Waals surface area contributed by atoms with Crippen molar-refractivity contribution in [3.05, 3.63) is 48.6 Å². The molecular formula is C16H17BrN4O5. The molecule has 0 aliphatic carbocycles. The molecule has 0 saturated carbocycles. The van der Waals surface area contributed by atoms with Gasteiger partial charge in [0, 0.05) is 14.1 Å². The molecule has 0 spiro atoms. The van der Waals surface area contributed by atoms with Crippen molar-refractivity contribution in [1.29, 1.82) is 0 Å². The maximum atomic E-state index is 12.7. The second-order valence-electron chi connectivity index (χ2n) is 5.78. The predicted octanol–water partition coefficient (Wildman–Crippen LogP) is 1.18. The Hall–Kier alpha value is -2.75. The quantitative estimate of drug-likeness (QED) is 0.683. The maximum absolute atomic E-state index is 12.7. The van der Waals surface area contributed by atoms with Crippen molar-refractivity contribution in [2.24, 2.45) is 14.1 Å². The van der Waals surface area contributed by atoms with Gasteiger partial charge in [0.05, 0.1) is 22.7 Å². The minimum atomic E-state index is -0.819. The highest BCUT2D eigenvalue weighted by atomic mass is 79.9. The molecule has 1 aliphatic rings. The number of aromatic hydroxyl groups is 1. The zero-order chi connectivity index (χ0) is 19.2. The van der Waals surface area contributed by atoms with Crippen LogP contribution in [0, 0.1) is 0 Å². The van der Waals surface area contributed by atoms with Gasteiger partial charge in [0.25, 0.3) is 5.56 Å². The van der Waals surface area contributed by atoms with Gasteiger partial charge in [-0.3, -0.25) is 19.2 Å². The number of nitrogens with zero attached hydrogens (tertiary/aromatic N) is 2. The summed E-state index contributed by atoms with van der Waals surface area (Å²) in [5.41, 5.74) is -0.335. The van der Waals surface area contributed by atoms with Crippen molar-refractivity contribution >= 4 is 27.8 Å². The van der Waals surface area contributed by atoms with Crippen LogP contribution in [-0.4, -0.2) is 26.9 Å². The molecule has 1 aromatic heterocycles. The van der Waals surface area contributed by atoms with Gasteiger partial charge < -0.3 is 15.2 Å². The second kappa shape index (κ2) is 6.52. The Labute approximate surface area is 156 Å². The van der Waals surface area contributed by atoms with Crippen molar-refractivity contribution < 1.29 is 14.6 Å². The zero-order valence-corrected chi connectivity index (χ0v) is 15.9. The number of urea groups is 1. The lowest BCUT2D eigenvalue weighted by Crippen LogP contribution is -2.49. The molecule has 0 saturated heterocycles. The summed E-state index contributed by atoms with van der Waals surface area (Å²) in [4.78, 5) is 36.9. The molecule has 9 nitrogen and oxygen atoms in total. The van der Waals surface area contributed by atoms with E-state index in [9.17, 15) is 19.5 Å². The van der Waals surface area contributed by atoms with Crippen LogP contribution in [0.3, 0.4) is 0 Å². The molecular weight excluding hydrogens is 408 g/mol. The van der Waals surface area contributed by atoms with Crippen LogP contribution in [-0.2, 0) is 14.1 Å². The number of benzene rings is 1. The minimum absolute atomic E-state index is 0.0792. The van der Waals surface area contributed by atoms with E-state index in [1.165, 1.54) is 18.7 Å². The number of nitrogens with one attached hydrogen (secondary N) is 2. The fourth-order valence-corrected chi connectivity index (χ4v) is 3.36. The van der Waals surface area contributed by atoms with Crippen LogP contribution in [0.25, 0.3) is 0 Å². The molecule has 10 heteroatoms. The summed E-state index contributed by atoms with van der Waals surface area (Å²) in [5.74, 6) is 0.270.